The van der Waals surface area contributed by atoms with Crippen molar-refractivity contribution in [2.24, 2.45) is 5.10 Å². The summed E-state index contributed by atoms with van der Waals surface area (Å²) >= 11 is 6.09. The summed E-state index contributed by atoms with van der Waals surface area (Å²) in [7, 11) is 1.58. The van der Waals surface area contributed by atoms with E-state index in [0.29, 0.717) is 23.1 Å². The summed E-state index contributed by atoms with van der Waals surface area (Å²) in [4.78, 5) is 0. The third-order valence-corrected chi connectivity index (χ3v) is 3.48. The largest absolute Gasteiger partial charge is 0.495 e. The van der Waals surface area contributed by atoms with E-state index in [1.165, 1.54) is 0 Å². The molecule has 2 aromatic carbocycles. The van der Waals surface area contributed by atoms with Gasteiger partial charge in [-0.05, 0) is 62.7 Å². The molecular weight excluding hydrogens is 340 g/mol. The summed E-state index contributed by atoms with van der Waals surface area (Å²) in [5.41, 5.74) is 4.61. The molecule has 0 unspecified atom stereocenters. The summed E-state index contributed by atoms with van der Waals surface area (Å²) < 4.78 is 16.5. The van der Waals surface area contributed by atoms with E-state index in [9.17, 15) is 0 Å². The Balaban J connectivity index is 2.09. The quantitative estimate of drug-likeness (QED) is 0.531. The topological polar surface area (TPSA) is 52.1 Å². The second-order valence-electron chi connectivity index (χ2n) is 5.53. The number of rotatable bonds is 8. The van der Waals surface area contributed by atoms with Crippen LogP contribution in [-0.4, -0.2) is 26.0 Å². The maximum Gasteiger partial charge on any atom is 0.161 e. The fourth-order valence-corrected chi connectivity index (χ4v) is 2.40. The van der Waals surface area contributed by atoms with Gasteiger partial charge in [-0.1, -0.05) is 11.6 Å². The molecule has 6 heteroatoms. The second kappa shape index (κ2) is 9.18. The van der Waals surface area contributed by atoms with E-state index >= 15 is 0 Å². The fourth-order valence-electron chi connectivity index (χ4n) is 2.14. The van der Waals surface area contributed by atoms with Gasteiger partial charge in [0.05, 0.1) is 36.7 Å². The van der Waals surface area contributed by atoms with Crippen LogP contribution in [0.3, 0.4) is 0 Å². The molecule has 0 heterocycles. The van der Waals surface area contributed by atoms with Gasteiger partial charge in [-0.15, -0.1) is 0 Å². The number of ether oxygens (including phenoxy) is 3. The number of hydrogen-bond donors (Lipinski definition) is 1. The molecule has 25 heavy (non-hydrogen) atoms. The molecule has 0 aliphatic rings. The summed E-state index contributed by atoms with van der Waals surface area (Å²) in [5, 5.41) is 4.75. The van der Waals surface area contributed by atoms with E-state index in [-0.39, 0.29) is 6.10 Å². The first-order valence-corrected chi connectivity index (χ1v) is 8.47. The van der Waals surface area contributed by atoms with E-state index < -0.39 is 0 Å². The number of halogens is 1. The molecular formula is C19H23ClN2O3. The van der Waals surface area contributed by atoms with E-state index in [0.717, 1.165) is 17.0 Å². The molecule has 0 amide bonds. The van der Waals surface area contributed by atoms with Crippen molar-refractivity contribution >= 4 is 23.5 Å². The van der Waals surface area contributed by atoms with Crippen LogP contribution in [0.2, 0.25) is 5.02 Å². The monoisotopic (exact) mass is 362 g/mol. The Morgan fingerprint density at radius 2 is 1.88 bits per heavy atom. The first kappa shape index (κ1) is 18.9. The zero-order valence-corrected chi connectivity index (χ0v) is 15.6. The molecule has 1 N–H and O–H groups in total. The Kier molecular flexibility index (Phi) is 6.95. The van der Waals surface area contributed by atoms with E-state index in [1.54, 1.807) is 25.5 Å². The maximum absolute atomic E-state index is 6.09. The minimum absolute atomic E-state index is 0.0835. The Bertz CT molecular complexity index is 733. The van der Waals surface area contributed by atoms with Crippen LogP contribution < -0.4 is 19.6 Å². The van der Waals surface area contributed by atoms with Gasteiger partial charge < -0.3 is 14.2 Å². The van der Waals surface area contributed by atoms with Gasteiger partial charge in [0.2, 0.25) is 0 Å². The Hall–Kier alpha value is -2.40. The Morgan fingerprint density at radius 1 is 1.12 bits per heavy atom. The minimum atomic E-state index is 0.0835. The van der Waals surface area contributed by atoms with Gasteiger partial charge >= 0.3 is 0 Å². The lowest BCUT2D eigenvalue weighted by Crippen LogP contribution is -2.07. The van der Waals surface area contributed by atoms with Crippen molar-refractivity contribution in [3.63, 3.8) is 0 Å². The van der Waals surface area contributed by atoms with E-state index in [4.69, 9.17) is 25.8 Å². The van der Waals surface area contributed by atoms with Crippen molar-refractivity contribution in [1.29, 1.82) is 0 Å². The molecule has 0 aliphatic heterocycles. The summed E-state index contributed by atoms with van der Waals surface area (Å²) in [6, 6.07) is 11.1. The SMILES string of the molecule is CCOc1cc(/C=N/Nc2ccc(OC)c(Cl)c2)ccc1OC(C)C. The van der Waals surface area contributed by atoms with E-state index in [1.807, 2.05) is 45.0 Å². The number of benzene rings is 2. The van der Waals surface area contributed by atoms with Gasteiger partial charge in [0.1, 0.15) is 5.75 Å². The molecule has 0 saturated carbocycles. The Labute approximate surface area is 153 Å². The van der Waals surface area contributed by atoms with Gasteiger partial charge in [-0.25, -0.2) is 0 Å². The number of anilines is 1. The predicted molar refractivity (Wildman–Crippen MR) is 103 cm³/mol. The molecule has 2 rings (SSSR count). The molecule has 0 radical (unpaired) electrons. The van der Waals surface area contributed by atoms with Gasteiger partial charge in [0, 0.05) is 0 Å². The van der Waals surface area contributed by atoms with Crippen LogP contribution in [0, 0.1) is 0 Å². The molecule has 0 atom stereocenters. The molecule has 0 saturated heterocycles. The zero-order chi connectivity index (χ0) is 18.2. The molecule has 134 valence electrons. The first-order valence-electron chi connectivity index (χ1n) is 8.09. The average Bonchev–Trinajstić information content (AvgIpc) is 2.57. The lowest BCUT2D eigenvalue weighted by molar-refractivity contribution is 0.224. The normalized spacial score (nSPS) is 11.0. The second-order valence-corrected chi connectivity index (χ2v) is 5.93. The summed E-state index contributed by atoms with van der Waals surface area (Å²) in [6.07, 6.45) is 1.79. The lowest BCUT2D eigenvalue weighted by Gasteiger charge is -2.14. The zero-order valence-electron chi connectivity index (χ0n) is 14.9. The predicted octanol–water partition coefficient (Wildman–Crippen LogP) is 4.98. The number of nitrogens with one attached hydrogen (secondary N) is 1. The molecule has 0 aliphatic carbocycles. The fraction of sp³-hybridized carbons (Fsp3) is 0.316. The number of hydrazone groups is 1. The van der Waals surface area contributed by atoms with Crippen molar-refractivity contribution in [2.45, 2.75) is 26.9 Å². The standard InChI is InChI=1S/C19H23ClN2O3/c1-5-24-19-10-14(6-8-18(19)25-13(2)3)12-21-22-15-7-9-17(23-4)16(20)11-15/h6-13,22H,5H2,1-4H3/b21-12+. The van der Waals surface area contributed by atoms with Crippen LogP contribution in [-0.2, 0) is 0 Å². The van der Waals surface area contributed by atoms with Gasteiger partial charge in [-0.3, -0.25) is 5.43 Å². The van der Waals surface area contributed by atoms with Crippen molar-refractivity contribution in [3.05, 3.63) is 47.0 Å². The Morgan fingerprint density at radius 3 is 2.52 bits per heavy atom. The highest BCUT2D eigenvalue weighted by Gasteiger charge is 2.07. The van der Waals surface area contributed by atoms with E-state index in [2.05, 4.69) is 10.5 Å². The number of methoxy groups -OCH3 is 1. The molecule has 0 aromatic heterocycles. The molecule has 0 spiro atoms. The van der Waals surface area contributed by atoms with Crippen molar-refractivity contribution in [3.8, 4) is 17.2 Å². The third-order valence-electron chi connectivity index (χ3n) is 3.19. The van der Waals surface area contributed by atoms with Crippen LogP contribution in [0.4, 0.5) is 5.69 Å². The van der Waals surface area contributed by atoms with Gasteiger partial charge in [0.15, 0.2) is 11.5 Å². The van der Waals surface area contributed by atoms with Gasteiger partial charge in [0.25, 0.3) is 0 Å². The van der Waals surface area contributed by atoms with Gasteiger partial charge in [-0.2, -0.15) is 5.10 Å². The average molecular weight is 363 g/mol. The number of hydrogen-bond acceptors (Lipinski definition) is 5. The van der Waals surface area contributed by atoms with Crippen LogP contribution in [0.1, 0.15) is 26.3 Å². The van der Waals surface area contributed by atoms with Crippen molar-refractivity contribution in [2.75, 3.05) is 19.1 Å². The highest BCUT2D eigenvalue weighted by Crippen LogP contribution is 2.29. The van der Waals surface area contributed by atoms with Crippen molar-refractivity contribution < 1.29 is 14.2 Å². The van der Waals surface area contributed by atoms with Crippen LogP contribution >= 0.6 is 11.6 Å². The smallest absolute Gasteiger partial charge is 0.161 e. The molecule has 0 bridgehead atoms. The molecule has 5 nitrogen and oxygen atoms in total. The highest BCUT2D eigenvalue weighted by molar-refractivity contribution is 6.32. The molecule has 0 fully saturated rings. The van der Waals surface area contributed by atoms with Crippen molar-refractivity contribution in [1.82, 2.24) is 0 Å². The first-order chi connectivity index (χ1) is 12.0. The van der Waals surface area contributed by atoms with Crippen LogP contribution in [0.15, 0.2) is 41.5 Å². The van der Waals surface area contributed by atoms with Crippen LogP contribution in [0.25, 0.3) is 0 Å². The number of nitrogens with zero attached hydrogens (tertiary/aromatic N) is 1. The molecule has 2 aromatic rings. The van der Waals surface area contributed by atoms with Crippen LogP contribution in [0.5, 0.6) is 17.2 Å². The highest BCUT2D eigenvalue weighted by atomic mass is 35.5. The minimum Gasteiger partial charge on any atom is -0.495 e. The summed E-state index contributed by atoms with van der Waals surface area (Å²) in [6.45, 7) is 6.47. The lowest BCUT2D eigenvalue weighted by atomic mass is 10.2. The maximum atomic E-state index is 6.09. The summed E-state index contributed by atoms with van der Waals surface area (Å²) in [5.74, 6) is 2.05. The third kappa shape index (κ3) is 5.57.